The summed E-state index contributed by atoms with van der Waals surface area (Å²) in [6.45, 7) is 10.4. The molecule has 1 fully saturated rings. The van der Waals surface area contributed by atoms with E-state index in [1.165, 1.54) is 22.8 Å². The molecule has 252 valence electrons. The molecule has 1 N–H and O–H groups in total. The Morgan fingerprint density at radius 3 is 2.62 bits per heavy atom. The second kappa shape index (κ2) is 12.9. The van der Waals surface area contributed by atoms with Crippen molar-refractivity contribution >= 4 is 28.9 Å². The van der Waals surface area contributed by atoms with Gasteiger partial charge in [-0.25, -0.2) is 27.9 Å². The van der Waals surface area contributed by atoms with Crippen LogP contribution >= 0.6 is 0 Å². The molecule has 1 aromatic carbocycles. The third-order valence-electron chi connectivity index (χ3n) is 8.55. The van der Waals surface area contributed by atoms with Gasteiger partial charge in [-0.1, -0.05) is 19.4 Å². The SMILES string of the molecule is CCCc1nccc2c1-n1c(=O)nc(N3CCN(C(=O)OC(C)(C)C)C[C@@H]3C)c3cc(F)c(nc31)-c1c(F)cccc1C(=O)NCCC2. The van der Waals surface area contributed by atoms with Crippen LogP contribution in [0.15, 0.2) is 41.3 Å². The molecule has 2 amide bonds. The van der Waals surface area contributed by atoms with E-state index in [1.54, 1.807) is 31.9 Å². The quantitative estimate of drug-likeness (QED) is 0.319. The van der Waals surface area contributed by atoms with E-state index >= 15 is 8.78 Å². The molecular weight excluding hydrogens is 620 g/mol. The van der Waals surface area contributed by atoms with Crippen LogP contribution in [0.2, 0.25) is 0 Å². The molecule has 1 atom stereocenters. The number of carbonyl (C=O) groups excluding carboxylic acids is 2. The zero-order chi connectivity index (χ0) is 34.3. The van der Waals surface area contributed by atoms with Crippen LogP contribution in [0.5, 0.6) is 0 Å². The Balaban J connectivity index is 1.61. The summed E-state index contributed by atoms with van der Waals surface area (Å²) in [5, 5.41) is 3.05. The van der Waals surface area contributed by atoms with E-state index in [0.29, 0.717) is 30.6 Å². The number of nitrogens with zero attached hydrogens (tertiary/aromatic N) is 6. The predicted molar refractivity (Wildman–Crippen MR) is 178 cm³/mol. The summed E-state index contributed by atoms with van der Waals surface area (Å²) in [5.74, 6) is -2.08. The summed E-state index contributed by atoms with van der Waals surface area (Å²) in [4.78, 5) is 57.7. The molecule has 2 bridgehead atoms. The summed E-state index contributed by atoms with van der Waals surface area (Å²) < 4.78 is 38.8. The van der Waals surface area contributed by atoms with Crippen molar-refractivity contribution in [3.8, 4) is 16.9 Å². The van der Waals surface area contributed by atoms with Crippen molar-refractivity contribution < 1.29 is 23.1 Å². The van der Waals surface area contributed by atoms with Crippen LogP contribution in [0, 0.1) is 11.6 Å². The lowest BCUT2D eigenvalue weighted by atomic mass is 10.0. The van der Waals surface area contributed by atoms with Gasteiger partial charge in [-0.15, -0.1) is 0 Å². The number of halogens is 2. The lowest BCUT2D eigenvalue weighted by Crippen LogP contribution is -2.55. The number of piperazine rings is 1. The molecule has 48 heavy (non-hydrogen) atoms. The number of carbonyl (C=O) groups is 2. The fraction of sp³-hybridized carbons (Fsp3) is 0.429. The van der Waals surface area contributed by atoms with Crippen molar-refractivity contribution in [3.63, 3.8) is 0 Å². The highest BCUT2D eigenvalue weighted by molar-refractivity contribution is 6.01. The Kier molecular flexibility index (Phi) is 8.88. The summed E-state index contributed by atoms with van der Waals surface area (Å²) in [5.41, 5.74) is -0.105. The van der Waals surface area contributed by atoms with Crippen LogP contribution in [0.1, 0.15) is 69.1 Å². The Labute approximate surface area is 277 Å². The number of rotatable bonds is 3. The zero-order valence-corrected chi connectivity index (χ0v) is 27.8. The Hall–Kier alpha value is -4.94. The van der Waals surface area contributed by atoms with Gasteiger partial charge in [-0.2, -0.15) is 4.98 Å². The van der Waals surface area contributed by atoms with Gasteiger partial charge in [-0.3, -0.25) is 9.78 Å². The van der Waals surface area contributed by atoms with Gasteiger partial charge in [-0.05, 0) is 76.8 Å². The third kappa shape index (κ3) is 6.20. The van der Waals surface area contributed by atoms with Crippen molar-refractivity contribution in [2.45, 2.75) is 71.9 Å². The Morgan fingerprint density at radius 1 is 1.10 bits per heavy atom. The van der Waals surface area contributed by atoms with Gasteiger partial charge in [0, 0.05) is 38.4 Å². The van der Waals surface area contributed by atoms with E-state index < -0.39 is 40.6 Å². The highest BCUT2D eigenvalue weighted by Crippen LogP contribution is 2.35. The maximum absolute atomic E-state index is 16.3. The molecule has 11 nitrogen and oxygen atoms in total. The van der Waals surface area contributed by atoms with E-state index in [-0.39, 0.29) is 60.2 Å². The predicted octanol–water partition coefficient (Wildman–Crippen LogP) is 5.20. The first-order valence-electron chi connectivity index (χ1n) is 16.3. The molecule has 0 spiro atoms. The molecule has 0 saturated carbocycles. The molecule has 0 unspecified atom stereocenters. The normalized spacial score (nSPS) is 16.8. The molecule has 4 aromatic rings. The van der Waals surface area contributed by atoms with Gasteiger partial charge >= 0.3 is 11.8 Å². The first-order chi connectivity index (χ1) is 22.9. The van der Waals surface area contributed by atoms with E-state index in [1.807, 2.05) is 24.8 Å². The maximum atomic E-state index is 16.3. The van der Waals surface area contributed by atoms with Crippen molar-refractivity contribution in [2.24, 2.45) is 0 Å². The Bertz CT molecular complexity index is 1970. The van der Waals surface area contributed by atoms with Gasteiger partial charge in [0.05, 0.1) is 27.9 Å². The van der Waals surface area contributed by atoms with Crippen molar-refractivity contribution in [1.29, 1.82) is 0 Å². The highest BCUT2D eigenvalue weighted by Gasteiger charge is 2.33. The second-order valence-electron chi connectivity index (χ2n) is 13.2. The van der Waals surface area contributed by atoms with Gasteiger partial charge < -0.3 is 19.9 Å². The largest absolute Gasteiger partial charge is 0.444 e. The lowest BCUT2D eigenvalue weighted by molar-refractivity contribution is 0.0218. The monoisotopic (exact) mass is 659 g/mol. The molecule has 5 heterocycles. The third-order valence-corrected chi connectivity index (χ3v) is 8.55. The standard InChI is InChI=1S/C35H39F2N7O4/c1-6-9-26-29-21(13-15-38-26)10-8-14-39-32(45)22-11-7-12-24(36)27(22)28-25(37)18-23-30(41-33(46)44(29)31(23)40-28)43-17-16-42(19-20(43)2)34(47)48-35(3,4)5/h7,11-13,15,18,20H,6,8-10,14,16-17,19H2,1-5H3,(H,39,45)/t20-/m0/s1. The van der Waals surface area contributed by atoms with Crippen molar-refractivity contribution in [2.75, 3.05) is 31.1 Å². The van der Waals surface area contributed by atoms with E-state index in [4.69, 9.17) is 4.74 Å². The van der Waals surface area contributed by atoms with Crippen LogP contribution in [0.3, 0.4) is 0 Å². The molecule has 1 saturated heterocycles. The molecule has 0 aliphatic carbocycles. The number of amides is 2. The summed E-state index contributed by atoms with van der Waals surface area (Å²) >= 11 is 0. The van der Waals surface area contributed by atoms with Crippen LogP contribution in [0.25, 0.3) is 28.0 Å². The number of nitrogens with one attached hydrogen (secondary N) is 1. The van der Waals surface area contributed by atoms with E-state index in [9.17, 15) is 14.4 Å². The molecule has 3 aromatic heterocycles. The highest BCUT2D eigenvalue weighted by atomic mass is 19.1. The van der Waals surface area contributed by atoms with Crippen LogP contribution in [-0.2, 0) is 17.6 Å². The van der Waals surface area contributed by atoms with Crippen LogP contribution < -0.4 is 15.9 Å². The molecule has 2 aliphatic rings. The number of anilines is 1. The smallest absolute Gasteiger partial charge is 0.410 e. The minimum absolute atomic E-state index is 0.0589. The maximum Gasteiger partial charge on any atom is 0.410 e. The molecule has 13 heteroatoms. The van der Waals surface area contributed by atoms with Gasteiger partial charge in [0.15, 0.2) is 11.5 Å². The molecular formula is C35H39F2N7O4. The molecule has 6 rings (SSSR count). The number of hydrogen-bond acceptors (Lipinski definition) is 8. The molecule has 2 aliphatic heterocycles. The number of hydrogen-bond donors (Lipinski definition) is 1. The summed E-state index contributed by atoms with van der Waals surface area (Å²) in [6, 6.07) is 6.64. The minimum atomic E-state index is -0.884. The van der Waals surface area contributed by atoms with Crippen LogP contribution in [0.4, 0.5) is 19.4 Å². The number of ether oxygens (including phenoxy) is 1. The number of benzene rings is 1. The number of pyridine rings is 2. The second-order valence-corrected chi connectivity index (χ2v) is 13.2. The van der Waals surface area contributed by atoms with Gasteiger partial charge in [0.1, 0.15) is 22.9 Å². The minimum Gasteiger partial charge on any atom is -0.444 e. The number of fused-ring (bicyclic) bond motifs is 5. The average Bonchev–Trinajstić information content (AvgIpc) is 3.03. The van der Waals surface area contributed by atoms with Crippen molar-refractivity contribution in [3.05, 3.63) is 75.5 Å². The topological polar surface area (TPSA) is 123 Å². The fourth-order valence-corrected chi connectivity index (χ4v) is 6.43. The molecule has 0 radical (unpaired) electrons. The lowest BCUT2D eigenvalue weighted by Gasteiger charge is -2.41. The van der Waals surface area contributed by atoms with Gasteiger partial charge in [0.2, 0.25) is 0 Å². The summed E-state index contributed by atoms with van der Waals surface area (Å²) in [7, 11) is 0. The first-order valence-corrected chi connectivity index (χ1v) is 16.3. The fourth-order valence-electron chi connectivity index (χ4n) is 6.43. The summed E-state index contributed by atoms with van der Waals surface area (Å²) in [6.07, 6.45) is 3.52. The number of aryl methyl sites for hydroxylation is 2. The zero-order valence-electron chi connectivity index (χ0n) is 27.8. The van der Waals surface area contributed by atoms with Gasteiger partial charge in [0.25, 0.3) is 5.91 Å². The van der Waals surface area contributed by atoms with E-state index in [2.05, 4.69) is 20.3 Å². The van der Waals surface area contributed by atoms with Crippen molar-refractivity contribution in [1.82, 2.24) is 29.7 Å². The van der Waals surface area contributed by atoms with Crippen LogP contribution in [-0.4, -0.2) is 74.2 Å². The Morgan fingerprint density at radius 2 is 1.90 bits per heavy atom. The first kappa shape index (κ1) is 33.0. The van der Waals surface area contributed by atoms with E-state index in [0.717, 1.165) is 18.1 Å². The number of aromatic nitrogens is 4. The average molecular weight is 660 g/mol.